The van der Waals surface area contributed by atoms with Gasteiger partial charge in [-0.25, -0.2) is 4.79 Å². The second-order valence-corrected chi connectivity index (χ2v) is 5.44. The average Bonchev–Trinajstić information content (AvgIpc) is 3.03. The van der Waals surface area contributed by atoms with Crippen LogP contribution in [0, 0.1) is 0 Å². The number of carbonyl (C=O) groups is 2. The SMILES string of the molecule is CCOc1ccc(OCCCC(=O)N2CCC[C@H]2C(=O)O)cc1. The van der Waals surface area contributed by atoms with E-state index in [2.05, 4.69) is 0 Å². The Morgan fingerprint density at radius 1 is 1.22 bits per heavy atom. The Hall–Kier alpha value is -2.24. The van der Waals surface area contributed by atoms with Gasteiger partial charge in [0.2, 0.25) is 5.91 Å². The van der Waals surface area contributed by atoms with Crippen LogP contribution in [0.1, 0.15) is 32.6 Å². The molecule has 1 saturated heterocycles. The molecule has 2 rings (SSSR count). The number of ether oxygens (including phenoxy) is 2. The van der Waals surface area contributed by atoms with Crippen LogP contribution in [0.3, 0.4) is 0 Å². The third-order valence-electron chi connectivity index (χ3n) is 3.80. The molecule has 0 unspecified atom stereocenters. The van der Waals surface area contributed by atoms with Gasteiger partial charge in [-0.3, -0.25) is 4.79 Å². The van der Waals surface area contributed by atoms with Gasteiger partial charge in [-0.15, -0.1) is 0 Å². The summed E-state index contributed by atoms with van der Waals surface area (Å²) in [5.74, 6) is 0.501. The summed E-state index contributed by atoms with van der Waals surface area (Å²) in [5.41, 5.74) is 0. The molecule has 1 aromatic rings. The Morgan fingerprint density at radius 2 is 1.87 bits per heavy atom. The molecule has 1 N–H and O–H groups in total. The molecule has 1 heterocycles. The molecule has 1 aliphatic rings. The molecule has 126 valence electrons. The monoisotopic (exact) mass is 321 g/mol. The van der Waals surface area contributed by atoms with Gasteiger partial charge in [0, 0.05) is 13.0 Å². The van der Waals surface area contributed by atoms with Gasteiger partial charge in [0.1, 0.15) is 17.5 Å². The molecule has 1 fully saturated rings. The number of hydrogen-bond donors (Lipinski definition) is 1. The van der Waals surface area contributed by atoms with Gasteiger partial charge in [-0.05, 0) is 50.5 Å². The molecule has 0 radical (unpaired) electrons. The molecule has 0 aromatic heterocycles. The summed E-state index contributed by atoms with van der Waals surface area (Å²) in [7, 11) is 0. The molecule has 0 bridgehead atoms. The van der Waals surface area contributed by atoms with Crippen LogP contribution in [0.2, 0.25) is 0 Å². The first-order chi connectivity index (χ1) is 11.1. The van der Waals surface area contributed by atoms with Crippen molar-refractivity contribution in [2.24, 2.45) is 0 Å². The highest BCUT2D eigenvalue weighted by Gasteiger charge is 2.33. The second-order valence-electron chi connectivity index (χ2n) is 5.44. The Kier molecular flexibility index (Phi) is 6.26. The molecular formula is C17H23NO5. The van der Waals surface area contributed by atoms with E-state index in [0.717, 1.165) is 17.9 Å². The molecule has 6 nitrogen and oxygen atoms in total. The fourth-order valence-electron chi connectivity index (χ4n) is 2.68. The van der Waals surface area contributed by atoms with E-state index in [1.807, 2.05) is 31.2 Å². The number of benzene rings is 1. The second kappa shape index (κ2) is 8.41. The summed E-state index contributed by atoms with van der Waals surface area (Å²) in [5, 5.41) is 9.08. The Labute approximate surface area is 136 Å². The number of carboxylic acids is 1. The first-order valence-corrected chi connectivity index (χ1v) is 7.99. The number of amides is 1. The van der Waals surface area contributed by atoms with E-state index in [0.29, 0.717) is 39.0 Å². The maximum atomic E-state index is 12.1. The van der Waals surface area contributed by atoms with Crippen molar-refractivity contribution in [2.45, 2.75) is 38.6 Å². The highest BCUT2D eigenvalue weighted by Crippen LogP contribution is 2.20. The zero-order chi connectivity index (χ0) is 16.7. The number of rotatable bonds is 8. The van der Waals surface area contributed by atoms with Gasteiger partial charge in [-0.1, -0.05) is 0 Å². The first-order valence-electron chi connectivity index (χ1n) is 7.99. The Bertz CT molecular complexity index is 528. The van der Waals surface area contributed by atoms with Crippen molar-refractivity contribution in [1.29, 1.82) is 0 Å². The third kappa shape index (κ3) is 4.87. The minimum Gasteiger partial charge on any atom is -0.494 e. The number of aliphatic carboxylic acids is 1. The third-order valence-corrected chi connectivity index (χ3v) is 3.80. The van der Waals surface area contributed by atoms with Crippen LogP contribution in [0.15, 0.2) is 24.3 Å². The van der Waals surface area contributed by atoms with Crippen LogP contribution < -0.4 is 9.47 Å². The van der Waals surface area contributed by atoms with Crippen molar-refractivity contribution < 1.29 is 24.2 Å². The molecule has 0 aliphatic carbocycles. The fourth-order valence-corrected chi connectivity index (χ4v) is 2.68. The predicted octanol–water partition coefficient (Wildman–Crippen LogP) is 2.32. The molecule has 0 saturated carbocycles. The lowest BCUT2D eigenvalue weighted by Crippen LogP contribution is -2.40. The van der Waals surface area contributed by atoms with Crippen LogP contribution in [-0.2, 0) is 9.59 Å². The van der Waals surface area contributed by atoms with Crippen molar-refractivity contribution >= 4 is 11.9 Å². The van der Waals surface area contributed by atoms with Gasteiger partial charge >= 0.3 is 5.97 Å². The molecule has 1 aliphatic heterocycles. The maximum absolute atomic E-state index is 12.1. The quantitative estimate of drug-likeness (QED) is 0.744. The Morgan fingerprint density at radius 3 is 2.48 bits per heavy atom. The average molecular weight is 321 g/mol. The van der Waals surface area contributed by atoms with E-state index in [4.69, 9.17) is 14.6 Å². The maximum Gasteiger partial charge on any atom is 0.326 e. The zero-order valence-corrected chi connectivity index (χ0v) is 13.4. The van der Waals surface area contributed by atoms with Gasteiger partial charge in [0.15, 0.2) is 0 Å². The minimum atomic E-state index is -0.915. The summed E-state index contributed by atoms with van der Waals surface area (Å²) >= 11 is 0. The van der Waals surface area contributed by atoms with E-state index in [1.54, 1.807) is 0 Å². The molecule has 1 amide bonds. The summed E-state index contributed by atoms with van der Waals surface area (Å²) in [6, 6.07) is 6.67. The summed E-state index contributed by atoms with van der Waals surface area (Å²) in [4.78, 5) is 24.6. The Balaban J connectivity index is 1.70. The zero-order valence-electron chi connectivity index (χ0n) is 13.4. The summed E-state index contributed by atoms with van der Waals surface area (Å²) < 4.78 is 10.9. The van der Waals surface area contributed by atoms with Crippen LogP contribution in [0.5, 0.6) is 11.5 Å². The number of carbonyl (C=O) groups excluding carboxylic acids is 1. The van der Waals surface area contributed by atoms with E-state index in [9.17, 15) is 9.59 Å². The smallest absolute Gasteiger partial charge is 0.326 e. The lowest BCUT2D eigenvalue weighted by Gasteiger charge is -2.21. The largest absolute Gasteiger partial charge is 0.494 e. The molecule has 1 atom stereocenters. The van der Waals surface area contributed by atoms with Crippen molar-refractivity contribution in [3.05, 3.63) is 24.3 Å². The van der Waals surface area contributed by atoms with Crippen LogP contribution in [0.25, 0.3) is 0 Å². The van der Waals surface area contributed by atoms with E-state index in [-0.39, 0.29) is 5.91 Å². The van der Waals surface area contributed by atoms with Crippen molar-refractivity contribution in [3.63, 3.8) is 0 Å². The van der Waals surface area contributed by atoms with Gasteiger partial charge in [0.05, 0.1) is 13.2 Å². The van der Waals surface area contributed by atoms with Crippen molar-refractivity contribution in [1.82, 2.24) is 4.90 Å². The van der Waals surface area contributed by atoms with Gasteiger partial charge < -0.3 is 19.5 Å². The normalized spacial score (nSPS) is 17.1. The minimum absolute atomic E-state index is 0.106. The molecule has 6 heteroatoms. The standard InChI is InChI=1S/C17H23NO5/c1-2-22-13-7-9-14(10-8-13)23-12-4-6-16(19)18-11-3-5-15(18)17(20)21/h7-10,15H,2-6,11-12H2,1H3,(H,20,21)/t15-/m0/s1. The highest BCUT2D eigenvalue weighted by molar-refractivity contribution is 5.84. The van der Waals surface area contributed by atoms with E-state index in [1.165, 1.54) is 4.90 Å². The molecule has 23 heavy (non-hydrogen) atoms. The number of carboxylic acid groups (broad SMARTS) is 1. The van der Waals surface area contributed by atoms with E-state index < -0.39 is 12.0 Å². The highest BCUT2D eigenvalue weighted by atomic mass is 16.5. The lowest BCUT2D eigenvalue weighted by atomic mass is 10.2. The van der Waals surface area contributed by atoms with Crippen molar-refractivity contribution in [2.75, 3.05) is 19.8 Å². The van der Waals surface area contributed by atoms with Crippen LogP contribution >= 0.6 is 0 Å². The molecule has 1 aromatic carbocycles. The number of likely N-dealkylation sites (tertiary alicyclic amines) is 1. The first kappa shape index (κ1) is 17.1. The predicted molar refractivity (Wildman–Crippen MR) is 84.7 cm³/mol. The van der Waals surface area contributed by atoms with Gasteiger partial charge in [-0.2, -0.15) is 0 Å². The lowest BCUT2D eigenvalue weighted by molar-refractivity contribution is -0.148. The van der Waals surface area contributed by atoms with Gasteiger partial charge in [0.25, 0.3) is 0 Å². The van der Waals surface area contributed by atoms with Crippen LogP contribution in [0.4, 0.5) is 0 Å². The summed E-state index contributed by atoms with van der Waals surface area (Å²) in [6.45, 7) is 3.51. The summed E-state index contributed by atoms with van der Waals surface area (Å²) in [6.07, 6.45) is 2.17. The van der Waals surface area contributed by atoms with Crippen molar-refractivity contribution in [3.8, 4) is 11.5 Å². The molecular weight excluding hydrogens is 298 g/mol. The van der Waals surface area contributed by atoms with E-state index >= 15 is 0 Å². The fraction of sp³-hybridized carbons (Fsp3) is 0.529. The number of hydrogen-bond acceptors (Lipinski definition) is 4. The van der Waals surface area contributed by atoms with Crippen LogP contribution in [-0.4, -0.2) is 47.7 Å². The topological polar surface area (TPSA) is 76.1 Å². The molecule has 0 spiro atoms. The number of nitrogens with zero attached hydrogens (tertiary/aromatic N) is 1.